The second-order valence-electron chi connectivity index (χ2n) is 5.61. The van der Waals surface area contributed by atoms with E-state index in [1.54, 1.807) is 14.0 Å². The van der Waals surface area contributed by atoms with Gasteiger partial charge in [-0.05, 0) is 19.1 Å². The van der Waals surface area contributed by atoms with Crippen molar-refractivity contribution in [2.45, 2.75) is 20.0 Å². The van der Waals surface area contributed by atoms with Gasteiger partial charge in [0.1, 0.15) is 22.8 Å². The first kappa shape index (κ1) is 19.4. The highest BCUT2D eigenvalue weighted by molar-refractivity contribution is 5.92. The topological polar surface area (TPSA) is 104 Å². The molecular formula is C17H21N3O6. The molecule has 2 rings (SSSR count). The van der Waals surface area contributed by atoms with Gasteiger partial charge in [0.2, 0.25) is 0 Å². The Kier molecular flexibility index (Phi) is 6.29. The van der Waals surface area contributed by atoms with E-state index >= 15 is 0 Å². The van der Waals surface area contributed by atoms with Gasteiger partial charge in [-0.15, -0.1) is 0 Å². The minimum Gasteiger partial charge on any atom is -0.465 e. The lowest BCUT2D eigenvalue weighted by molar-refractivity contribution is 0.0598. The fourth-order valence-electron chi connectivity index (χ4n) is 2.34. The van der Waals surface area contributed by atoms with Crippen LogP contribution in [0.25, 0.3) is 0 Å². The Morgan fingerprint density at radius 3 is 2.69 bits per heavy atom. The van der Waals surface area contributed by atoms with Crippen LogP contribution in [0.15, 0.2) is 27.4 Å². The molecular weight excluding hydrogens is 342 g/mol. The quantitative estimate of drug-likeness (QED) is 0.672. The zero-order valence-electron chi connectivity index (χ0n) is 15.1. The number of amides is 1. The standard InChI is InChI=1S/C17H21N3O6/c1-11-13(17(23)25-4)9-12(26-11)10-19(2)16(22)14-5-6-15(21)20(18-14)7-8-24-3/h5-6,9H,7-8,10H2,1-4H3. The summed E-state index contributed by atoms with van der Waals surface area (Å²) in [5.41, 5.74) is 0.125. The minimum atomic E-state index is -0.502. The van der Waals surface area contributed by atoms with Crippen LogP contribution in [0.4, 0.5) is 0 Å². The van der Waals surface area contributed by atoms with E-state index in [1.165, 1.54) is 42.0 Å². The molecule has 9 nitrogen and oxygen atoms in total. The van der Waals surface area contributed by atoms with E-state index in [9.17, 15) is 14.4 Å². The van der Waals surface area contributed by atoms with Gasteiger partial charge in [0.25, 0.3) is 11.5 Å². The van der Waals surface area contributed by atoms with Crippen molar-refractivity contribution >= 4 is 11.9 Å². The molecule has 0 atom stereocenters. The molecule has 0 unspecified atom stereocenters. The molecule has 0 saturated carbocycles. The zero-order valence-corrected chi connectivity index (χ0v) is 15.1. The molecule has 0 bridgehead atoms. The molecule has 0 saturated heterocycles. The summed E-state index contributed by atoms with van der Waals surface area (Å²) in [6.45, 7) is 2.34. The first-order chi connectivity index (χ1) is 12.4. The Labute approximate surface area is 150 Å². The average molecular weight is 363 g/mol. The summed E-state index contributed by atoms with van der Waals surface area (Å²) < 4.78 is 16.3. The first-order valence-corrected chi connectivity index (χ1v) is 7.87. The van der Waals surface area contributed by atoms with Gasteiger partial charge in [0.15, 0.2) is 0 Å². The summed E-state index contributed by atoms with van der Waals surface area (Å²) >= 11 is 0. The molecule has 0 radical (unpaired) electrons. The maximum Gasteiger partial charge on any atom is 0.341 e. The van der Waals surface area contributed by atoms with Crippen LogP contribution in [0.1, 0.15) is 32.4 Å². The lowest BCUT2D eigenvalue weighted by atomic mass is 10.2. The Balaban J connectivity index is 2.15. The van der Waals surface area contributed by atoms with Crippen LogP contribution >= 0.6 is 0 Å². The molecule has 0 N–H and O–H groups in total. The molecule has 140 valence electrons. The minimum absolute atomic E-state index is 0.125. The summed E-state index contributed by atoms with van der Waals surface area (Å²) in [4.78, 5) is 37.3. The number of aromatic nitrogens is 2. The largest absolute Gasteiger partial charge is 0.465 e. The maximum absolute atomic E-state index is 12.6. The predicted molar refractivity (Wildman–Crippen MR) is 91.0 cm³/mol. The van der Waals surface area contributed by atoms with E-state index in [4.69, 9.17) is 9.15 Å². The molecule has 0 spiro atoms. The van der Waals surface area contributed by atoms with Crippen LogP contribution in [0.2, 0.25) is 0 Å². The van der Waals surface area contributed by atoms with Crippen molar-refractivity contribution in [2.24, 2.45) is 0 Å². The van der Waals surface area contributed by atoms with Crippen LogP contribution in [0.3, 0.4) is 0 Å². The smallest absolute Gasteiger partial charge is 0.341 e. The molecule has 2 heterocycles. The van der Waals surface area contributed by atoms with Crippen molar-refractivity contribution in [3.63, 3.8) is 0 Å². The third-order valence-corrected chi connectivity index (χ3v) is 3.71. The van der Waals surface area contributed by atoms with Crippen LogP contribution in [-0.2, 0) is 22.6 Å². The number of methoxy groups -OCH3 is 2. The molecule has 2 aromatic heterocycles. The Bertz CT molecular complexity index is 854. The first-order valence-electron chi connectivity index (χ1n) is 7.87. The number of rotatable bonds is 7. The molecule has 0 fully saturated rings. The third kappa shape index (κ3) is 4.37. The number of hydrogen-bond donors (Lipinski definition) is 0. The summed E-state index contributed by atoms with van der Waals surface area (Å²) in [6, 6.07) is 4.20. The van der Waals surface area contributed by atoms with E-state index in [0.717, 1.165) is 0 Å². The number of furan rings is 1. The summed E-state index contributed by atoms with van der Waals surface area (Å²) in [5, 5.41) is 4.06. The highest BCUT2D eigenvalue weighted by Crippen LogP contribution is 2.17. The lowest BCUT2D eigenvalue weighted by Crippen LogP contribution is -2.31. The molecule has 2 aromatic rings. The van der Waals surface area contributed by atoms with E-state index in [2.05, 4.69) is 9.84 Å². The number of aryl methyl sites for hydroxylation is 1. The number of carbonyl (C=O) groups is 2. The van der Waals surface area contributed by atoms with E-state index < -0.39 is 5.97 Å². The molecule has 0 aliphatic rings. The summed E-state index contributed by atoms with van der Waals surface area (Å²) in [5.74, 6) is -0.0337. The van der Waals surface area contributed by atoms with Gasteiger partial charge < -0.3 is 18.8 Å². The van der Waals surface area contributed by atoms with Crippen LogP contribution in [0, 0.1) is 6.92 Å². The lowest BCUT2D eigenvalue weighted by Gasteiger charge is -2.15. The Morgan fingerprint density at radius 1 is 1.31 bits per heavy atom. The second kappa shape index (κ2) is 8.43. The fourth-order valence-corrected chi connectivity index (χ4v) is 2.34. The zero-order chi connectivity index (χ0) is 19.3. The van der Waals surface area contributed by atoms with Crippen molar-refractivity contribution < 1.29 is 23.5 Å². The fraction of sp³-hybridized carbons (Fsp3) is 0.412. The number of carbonyl (C=O) groups excluding carboxylic acids is 2. The van der Waals surface area contributed by atoms with Crippen LogP contribution < -0.4 is 5.56 Å². The van der Waals surface area contributed by atoms with Crippen molar-refractivity contribution in [1.29, 1.82) is 0 Å². The summed E-state index contributed by atoms with van der Waals surface area (Å²) in [7, 11) is 4.38. The molecule has 0 aliphatic carbocycles. The highest BCUT2D eigenvalue weighted by atomic mass is 16.5. The number of hydrogen-bond acceptors (Lipinski definition) is 7. The van der Waals surface area contributed by atoms with Crippen molar-refractivity contribution in [3.8, 4) is 0 Å². The normalized spacial score (nSPS) is 10.6. The van der Waals surface area contributed by atoms with Crippen molar-refractivity contribution in [2.75, 3.05) is 27.9 Å². The van der Waals surface area contributed by atoms with E-state index in [-0.39, 0.29) is 30.2 Å². The van der Waals surface area contributed by atoms with Gasteiger partial charge in [-0.1, -0.05) is 0 Å². The van der Waals surface area contributed by atoms with E-state index in [0.29, 0.717) is 23.7 Å². The maximum atomic E-state index is 12.6. The highest BCUT2D eigenvalue weighted by Gasteiger charge is 2.20. The average Bonchev–Trinajstić information content (AvgIpc) is 2.99. The summed E-state index contributed by atoms with van der Waals surface area (Å²) in [6.07, 6.45) is 0. The molecule has 0 aromatic carbocycles. The SMILES string of the molecule is COCCn1nc(C(=O)N(C)Cc2cc(C(=O)OC)c(C)o2)ccc1=O. The Hall–Kier alpha value is -2.94. The monoisotopic (exact) mass is 363 g/mol. The number of esters is 1. The van der Waals surface area contributed by atoms with Gasteiger partial charge in [-0.3, -0.25) is 9.59 Å². The third-order valence-electron chi connectivity index (χ3n) is 3.71. The second-order valence-corrected chi connectivity index (χ2v) is 5.61. The van der Waals surface area contributed by atoms with Crippen LogP contribution in [0.5, 0.6) is 0 Å². The molecule has 1 amide bonds. The van der Waals surface area contributed by atoms with Gasteiger partial charge in [-0.25, -0.2) is 9.48 Å². The van der Waals surface area contributed by atoms with Gasteiger partial charge >= 0.3 is 5.97 Å². The molecule has 0 aliphatic heterocycles. The van der Waals surface area contributed by atoms with Gasteiger partial charge in [0, 0.05) is 20.2 Å². The molecule has 9 heteroatoms. The van der Waals surface area contributed by atoms with E-state index in [1.807, 2.05) is 0 Å². The predicted octanol–water partition coefficient (Wildman–Crippen LogP) is 0.850. The Morgan fingerprint density at radius 2 is 2.04 bits per heavy atom. The molecule has 26 heavy (non-hydrogen) atoms. The van der Waals surface area contributed by atoms with Crippen molar-refractivity contribution in [3.05, 3.63) is 51.3 Å². The number of ether oxygens (including phenoxy) is 2. The van der Waals surface area contributed by atoms with Crippen LogP contribution in [-0.4, -0.2) is 54.4 Å². The van der Waals surface area contributed by atoms with Gasteiger partial charge in [0.05, 0.1) is 26.8 Å². The van der Waals surface area contributed by atoms with Gasteiger partial charge in [-0.2, -0.15) is 5.10 Å². The number of nitrogens with zero attached hydrogens (tertiary/aromatic N) is 3. The van der Waals surface area contributed by atoms with Crippen molar-refractivity contribution in [1.82, 2.24) is 14.7 Å².